The Bertz CT molecular complexity index is 495. The van der Waals surface area contributed by atoms with Crippen LogP contribution in [0.15, 0.2) is 42.5 Å². The second kappa shape index (κ2) is 6.82. The molecule has 100 valence electrons. The predicted octanol–water partition coefficient (Wildman–Crippen LogP) is -3.76. The van der Waals surface area contributed by atoms with E-state index < -0.39 is 5.97 Å². The van der Waals surface area contributed by atoms with Gasteiger partial charge >= 0.3 is 17.8 Å². The Morgan fingerprint density at radius 1 is 1.05 bits per heavy atom. The number of carbonyl (C=O) groups excluding carboxylic acids is 3. The molecule has 1 aromatic carbocycles. The van der Waals surface area contributed by atoms with Gasteiger partial charge in [0.15, 0.2) is 0 Å². The first kappa shape index (κ1) is 15.1. The van der Waals surface area contributed by atoms with E-state index in [4.69, 9.17) is 4.74 Å². The number of carbonyl (C=O) groups is 3. The van der Waals surface area contributed by atoms with Gasteiger partial charge in [0.2, 0.25) is 6.73 Å². The lowest BCUT2D eigenvalue weighted by Crippen LogP contribution is -3.15. The Morgan fingerprint density at radius 2 is 1.63 bits per heavy atom. The molecular weight excluding hydrogens is 270 g/mol. The van der Waals surface area contributed by atoms with Crippen molar-refractivity contribution < 1.29 is 36.4 Å². The minimum Gasteiger partial charge on any atom is -1.00 e. The molecule has 2 rings (SSSR count). The zero-order chi connectivity index (χ0) is 13.0. The maximum absolute atomic E-state index is 11.5. The lowest BCUT2D eigenvalue weighted by molar-refractivity contribution is -0.753. The quantitative estimate of drug-likeness (QED) is 0.455. The maximum Gasteiger partial charge on any atom is 0.347 e. The van der Waals surface area contributed by atoms with E-state index in [1.165, 1.54) is 12.2 Å². The molecule has 0 aromatic heterocycles. The van der Waals surface area contributed by atoms with Crippen molar-refractivity contribution in [3.05, 3.63) is 48.0 Å². The second-order valence-corrected chi connectivity index (χ2v) is 3.86. The first-order valence-electron chi connectivity index (χ1n) is 5.49. The number of nitrogens with one attached hydrogen (secondary N) is 1. The van der Waals surface area contributed by atoms with Crippen molar-refractivity contribution in [2.75, 3.05) is 6.73 Å². The average Bonchev–Trinajstić information content (AvgIpc) is 2.68. The third-order valence-corrected chi connectivity index (χ3v) is 2.55. The maximum atomic E-state index is 11.5. The molecule has 0 atom stereocenters. The molecule has 0 unspecified atom stereocenters. The summed E-state index contributed by atoms with van der Waals surface area (Å²) in [6.07, 6.45) is 2.50. The van der Waals surface area contributed by atoms with Crippen LogP contribution in [0.1, 0.15) is 5.56 Å². The SMILES string of the molecule is O=C(Cc1ccccc1)OC[NH+]1C(=O)C=CC1=O.[Cl-]. The Hall–Kier alpha value is -1.98. The fourth-order valence-electron chi connectivity index (χ4n) is 1.58. The molecule has 5 nitrogen and oxygen atoms in total. The zero-order valence-electron chi connectivity index (χ0n) is 9.97. The lowest BCUT2D eigenvalue weighted by Gasteiger charge is -2.08. The van der Waals surface area contributed by atoms with E-state index in [0.717, 1.165) is 5.56 Å². The highest BCUT2D eigenvalue weighted by atomic mass is 35.5. The van der Waals surface area contributed by atoms with E-state index in [1.807, 2.05) is 30.3 Å². The van der Waals surface area contributed by atoms with Crippen LogP contribution in [-0.4, -0.2) is 24.5 Å². The number of amides is 2. The number of ether oxygens (including phenoxy) is 1. The molecule has 0 saturated heterocycles. The van der Waals surface area contributed by atoms with Crippen LogP contribution in [0.25, 0.3) is 0 Å². The Labute approximate surface area is 116 Å². The van der Waals surface area contributed by atoms with Crippen molar-refractivity contribution >= 4 is 17.8 Å². The normalized spacial score (nSPS) is 14.3. The summed E-state index contributed by atoms with van der Waals surface area (Å²) in [5.41, 5.74) is 0.828. The second-order valence-electron chi connectivity index (χ2n) is 3.86. The van der Waals surface area contributed by atoms with Crippen LogP contribution in [-0.2, 0) is 25.5 Å². The van der Waals surface area contributed by atoms with Gasteiger partial charge in [-0.25, -0.2) is 9.59 Å². The van der Waals surface area contributed by atoms with Gasteiger partial charge in [-0.3, -0.25) is 4.79 Å². The summed E-state index contributed by atoms with van der Waals surface area (Å²) in [7, 11) is 0. The summed E-state index contributed by atoms with van der Waals surface area (Å²) < 4.78 is 4.91. The number of imide groups is 1. The fourth-order valence-corrected chi connectivity index (χ4v) is 1.58. The van der Waals surface area contributed by atoms with Crippen LogP contribution in [0.2, 0.25) is 0 Å². The monoisotopic (exact) mass is 281 g/mol. The molecule has 2 amide bonds. The van der Waals surface area contributed by atoms with Gasteiger partial charge in [-0.15, -0.1) is 0 Å². The van der Waals surface area contributed by atoms with E-state index in [-0.39, 0.29) is 42.3 Å². The van der Waals surface area contributed by atoms with Crippen molar-refractivity contribution in [3.63, 3.8) is 0 Å². The number of benzene rings is 1. The summed E-state index contributed by atoms with van der Waals surface area (Å²) in [4.78, 5) is 34.0. The topological polar surface area (TPSA) is 64.9 Å². The molecule has 19 heavy (non-hydrogen) atoms. The van der Waals surface area contributed by atoms with Crippen molar-refractivity contribution in [2.24, 2.45) is 0 Å². The summed E-state index contributed by atoms with van der Waals surface area (Å²) in [5.74, 6) is -1.22. The van der Waals surface area contributed by atoms with Gasteiger partial charge in [0.1, 0.15) is 0 Å². The van der Waals surface area contributed by atoms with E-state index in [9.17, 15) is 14.4 Å². The first-order valence-corrected chi connectivity index (χ1v) is 5.49. The minimum absolute atomic E-state index is 0. The van der Waals surface area contributed by atoms with Crippen LogP contribution < -0.4 is 17.3 Å². The molecule has 1 heterocycles. The van der Waals surface area contributed by atoms with Gasteiger partial charge in [-0.05, 0) is 5.56 Å². The lowest BCUT2D eigenvalue weighted by atomic mass is 10.2. The highest BCUT2D eigenvalue weighted by Gasteiger charge is 2.31. The number of quaternary nitrogens is 1. The number of halogens is 1. The van der Waals surface area contributed by atoms with E-state index in [1.54, 1.807) is 0 Å². The molecule has 0 fully saturated rings. The molecule has 0 aliphatic carbocycles. The van der Waals surface area contributed by atoms with Crippen molar-refractivity contribution in [2.45, 2.75) is 6.42 Å². The molecular formula is C13H12ClNO4. The fraction of sp³-hybridized carbons (Fsp3) is 0.154. The van der Waals surface area contributed by atoms with E-state index >= 15 is 0 Å². The standard InChI is InChI=1S/C13H11NO4.ClH/c15-11-6-7-12(16)14(11)9-18-13(17)8-10-4-2-1-3-5-10;/h1-7H,8-9H2;1H. The number of hydrogen-bond donors (Lipinski definition) is 1. The van der Waals surface area contributed by atoms with Crippen molar-refractivity contribution in [1.82, 2.24) is 0 Å². The zero-order valence-corrected chi connectivity index (χ0v) is 10.7. The molecule has 1 N–H and O–H groups in total. The molecule has 6 heteroatoms. The molecule has 1 aliphatic rings. The average molecular weight is 282 g/mol. The molecule has 0 bridgehead atoms. The highest BCUT2D eigenvalue weighted by Crippen LogP contribution is 2.00. The van der Waals surface area contributed by atoms with Crippen LogP contribution in [0.5, 0.6) is 0 Å². The van der Waals surface area contributed by atoms with Crippen LogP contribution in [0, 0.1) is 0 Å². The van der Waals surface area contributed by atoms with Gasteiger partial charge < -0.3 is 17.1 Å². The van der Waals surface area contributed by atoms with Crippen molar-refractivity contribution in [1.29, 1.82) is 0 Å². The van der Waals surface area contributed by atoms with E-state index in [0.29, 0.717) is 0 Å². The Morgan fingerprint density at radius 3 is 2.21 bits per heavy atom. The summed E-state index contributed by atoms with van der Waals surface area (Å²) >= 11 is 0. The molecule has 1 aliphatic heterocycles. The molecule has 0 radical (unpaired) electrons. The van der Waals surface area contributed by atoms with Gasteiger partial charge in [-0.1, -0.05) is 30.3 Å². The van der Waals surface area contributed by atoms with Gasteiger partial charge in [0.25, 0.3) is 0 Å². The van der Waals surface area contributed by atoms with Gasteiger partial charge in [0.05, 0.1) is 18.6 Å². The Kier molecular flexibility index (Phi) is 5.41. The highest BCUT2D eigenvalue weighted by molar-refractivity contribution is 6.01. The minimum atomic E-state index is -0.457. The van der Waals surface area contributed by atoms with Gasteiger partial charge in [0, 0.05) is 0 Å². The Balaban J connectivity index is 0.00000180. The summed E-state index contributed by atoms with van der Waals surface area (Å²) in [6.45, 7) is -0.254. The summed E-state index contributed by atoms with van der Waals surface area (Å²) in [6, 6.07) is 9.12. The number of esters is 1. The third kappa shape index (κ3) is 4.01. The van der Waals surface area contributed by atoms with Crippen LogP contribution in [0.4, 0.5) is 0 Å². The largest absolute Gasteiger partial charge is 1.00 e. The summed E-state index contributed by atoms with van der Waals surface area (Å²) in [5, 5.41) is 0. The first-order chi connectivity index (χ1) is 8.66. The van der Waals surface area contributed by atoms with Gasteiger partial charge in [-0.2, -0.15) is 4.90 Å². The van der Waals surface area contributed by atoms with Crippen LogP contribution in [0.3, 0.4) is 0 Å². The van der Waals surface area contributed by atoms with Crippen molar-refractivity contribution in [3.8, 4) is 0 Å². The molecule has 0 saturated carbocycles. The molecule has 0 spiro atoms. The smallest absolute Gasteiger partial charge is 0.347 e. The van der Waals surface area contributed by atoms with E-state index in [2.05, 4.69) is 0 Å². The van der Waals surface area contributed by atoms with Crippen LogP contribution >= 0.6 is 0 Å². The number of hydrogen-bond acceptors (Lipinski definition) is 4. The predicted molar refractivity (Wildman–Crippen MR) is 61.2 cm³/mol. The number of rotatable bonds is 4. The third-order valence-electron chi connectivity index (χ3n) is 2.55. The molecule has 1 aromatic rings.